The second-order valence-electron chi connectivity index (χ2n) is 5.20. The van der Waals surface area contributed by atoms with Crippen molar-refractivity contribution in [3.63, 3.8) is 0 Å². The lowest BCUT2D eigenvalue weighted by molar-refractivity contribution is 0.148. The number of aliphatic hydroxyl groups excluding tert-OH is 1. The van der Waals surface area contributed by atoms with Crippen molar-refractivity contribution in [3.05, 3.63) is 35.1 Å². The highest BCUT2D eigenvalue weighted by Gasteiger charge is 2.50. The molecule has 16 heavy (non-hydrogen) atoms. The number of halogens is 1. The van der Waals surface area contributed by atoms with E-state index in [0.29, 0.717) is 5.56 Å². The van der Waals surface area contributed by atoms with E-state index in [1.807, 2.05) is 32.0 Å². The summed E-state index contributed by atoms with van der Waals surface area (Å²) in [6, 6.07) is 5.55. The first-order valence-corrected chi connectivity index (χ1v) is 5.96. The Hall–Kier alpha value is -0.890. The molecule has 1 N–H and O–H groups in total. The highest BCUT2D eigenvalue weighted by atomic mass is 19.1. The summed E-state index contributed by atoms with van der Waals surface area (Å²) >= 11 is 0. The number of rotatable bonds is 3. The number of hydrogen-bond donors (Lipinski definition) is 1. The van der Waals surface area contributed by atoms with Crippen molar-refractivity contribution >= 4 is 0 Å². The number of hydrogen-bond acceptors (Lipinski definition) is 1. The van der Waals surface area contributed by atoms with E-state index in [0.717, 1.165) is 18.4 Å². The Balaban J connectivity index is 2.47. The van der Waals surface area contributed by atoms with Gasteiger partial charge in [-0.1, -0.05) is 32.0 Å². The highest BCUT2D eigenvalue weighted by molar-refractivity contribution is 5.38. The molecule has 1 nitrogen and oxygen atoms in total. The minimum Gasteiger partial charge on any atom is -0.392 e. The fourth-order valence-electron chi connectivity index (χ4n) is 2.43. The Morgan fingerprint density at radius 1 is 1.25 bits per heavy atom. The third-order valence-corrected chi connectivity index (χ3v) is 3.78. The van der Waals surface area contributed by atoms with Crippen molar-refractivity contribution in [2.24, 2.45) is 0 Å². The highest BCUT2D eigenvalue weighted by Crippen LogP contribution is 2.52. The van der Waals surface area contributed by atoms with Gasteiger partial charge in [0.25, 0.3) is 0 Å². The Morgan fingerprint density at radius 2 is 1.88 bits per heavy atom. The Morgan fingerprint density at radius 3 is 2.31 bits per heavy atom. The van der Waals surface area contributed by atoms with Crippen LogP contribution in [0.5, 0.6) is 0 Å². The SMILES string of the molecule is CC(C)c1cccc(C2([C@H](C)O)CC2)c1F. The van der Waals surface area contributed by atoms with Gasteiger partial charge in [0.05, 0.1) is 6.10 Å². The first kappa shape index (κ1) is 11.6. The van der Waals surface area contributed by atoms with Crippen LogP contribution in [-0.2, 0) is 5.41 Å². The molecule has 0 heterocycles. The summed E-state index contributed by atoms with van der Waals surface area (Å²) in [4.78, 5) is 0. The molecule has 1 atom stereocenters. The van der Waals surface area contributed by atoms with Crippen molar-refractivity contribution in [2.45, 2.75) is 51.0 Å². The maximum atomic E-state index is 14.3. The predicted molar refractivity (Wildman–Crippen MR) is 63.1 cm³/mol. The van der Waals surface area contributed by atoms with Crippen molar-refractivity contribution in [1.29, 1.82) is 0 Å². The standard InChI is InChI=1S/C14H19FO/c1-9(2)11-5-4-6-12(13(11)15)14(7-8-14)10(3)16/h4-6,9-10,16H,7-8H2,1-3H3/t10-/m0/s1. The zero-order chi connectivity index (χ0) is 11.9. The van der Waals surface area contributed by atoms with Crippen LogP contribution in [0.15, 0.2) is 18.2 Å². The van der Waals surface area contributed by atoms with E-state index in [1.54, 1.807) is 6.92 Å². The molecule has 2 rings (SSSR count). The molecule has 0 aliphatic heterocycles. The van der Waals surface area contributed by atoms with Crippen LogP contribution in [0.2, 0.25) is 0 Å². The van der Waals surface area contributed by atoms with Gasteiger partial charge in [-0.2, -0.15) is 0 Å². The molecule has 0 spiro atoms. The van der Waals surface area contributed by atoms with Gasteiger partial charge in [-0.25, -0.2) is 4.39 Å². The summed E-state index contributed by atoms with van der Waals surface area (Å²) in [5.41, 5.74) is 1.15. The molecule has 1 saturated carbocycles. The number of benzene rings is 1. The van der Waals surface area contributed by atoms with E-state index in [-0.39, 0.29) is 17.2 Å². The molecule has 1 aliphatic carbocycles. The largest absolute Gasteiger partial charge is 0.392 e. The molecule has 0 radical (unpaired) electrons. The van der Waals surface area contributed by atoms with Gasteiger partial charge in [0.15, 0.2) is 0 Å². The summed E-state index contributed by atoms with van der Waals surface area (Å²) in [6.45, 7) is 5.74. The predicted octanol–water partition coefficient (Wildman–Crippen LogP) is 3.36. The third-order valence-electron chi connectivity index (χ3n) is 3.78. The molecule has 0 aromatic heterocycles. The van der Waals surface area contributed by atoms with Crippen molar-refractivity contribution in [1.82, 2.24) is 0 Å². The van der Waals surface area contributed by atoms with E-state index in [2.05, 4.69) is 0 Å². The van der Waals surface area contributed by atoms with Crippen LogP contribution in [0.25, 0.3) is 0 Å². The van der Waals surface area contributed by atoms with Crippen LogP contribution < -0.4 is 0 Å². The van der Waals surface area contributed by atoms with Crippen molar-refractivity contribution < 1.29 is 9.50 Å². The molecule has 0 saturated heterocycles. The Bertz CT molecular complexity index is 392. The molecule has 1 aliphatic rings. The molecule has 1 fully saturated rings. The summed E-state index contributed by atoms with van der Waals surface area (Å²) in [5, 5.41) is 9.78. The van der Waals surface area contributed by atoms with Gasteiger partial charge in [-0.15, -0.1) is 0 Å². The second kappa shape index (κ2) is 3.85. The third kappa shape index (κ3) is 1.65. The van der Waals surface area contributed by atoms with Crippen LogP contribution in [0.4, 0.5) is 4.39 Å². The lowest BCUT2D eigenvalue weighted by Gasteiger charge is -2.21. The molecule has 0 unspecified atom stereocenters. The second-order valence-corrected chi connectivity index (χ2v) is 5.20. The molecule has 88 valence electrons. The fourth-order valence-corrected chi connectivity index (χ4v) is 2.43. The molecule has 2 heteroatoms. The van der Waals surface area contributed by atoms with Crippen LogP contribution in [0.1, 0.15) is 50.7 Å². The van der Waals surface area contributed by atoms with E-state index < -0.39 is 6.10 Å². The van der Waals surface area contributed by atoms with Gasteiger partial charge in [0.2, 0.25) is 0 Å². The van der Waals surface area contributed by atoms with Crippen molar-refractivity contribution in [2.75, 3.05) is 0 Å². The van der Waals surface area contributed by atoms with Gasteiger partial charge in [-0.3, -0.25) is 0 Å². The van der Waals surface area contributed by atoms with Gasteiger partial charge < -0.3 is 5.11 Å². The first-order chi connectivity index (χ1) is 7.49. The minimum absolute atomic E-state index is 0.115. The molecule has 0 bridgehead atoms. The minimum atomic E-state index is -0.468. The topological polar surface area (TPSA) is 20.2 Å². The normalized spacial score (nSPS) is 19.9. The quantitative estimate of drug-likeness (QED) is 0.831. The molecular formula is C14H19FO. The average Bonchev–Trinajstić information content (AvgIpc) is 2.98. The van der Waals surface area contributed by atoms with E-state index >= 15 is 0 Å². The summed E-state index contributed by atoms with van der Waals surface area (Å²) in [6.07, 6.45) is 1.32. The summed E-state index contributed by atoms with van der Waals surface area (Å²) in [5.74, 6) is 0.0700. The van der Waals surface area contributed by atoms with Crippen LogP contribution in [-0.4, -0.2) is 11.2 Å². The first-order valence-electron chi connectivity index (χ1n) is 5.96. The molecular weight excluding hydrogens is 203 g/mol. The van der Waals surface area contributed by atoms with Gasteiger partial charge in [0.1, 0.15) is 5.82 Å². The van der Waals surface area contributed by atoms with Crippen LogP contribution >= 0.6 is 0 Å². The lowest BCUT2D eigenvalue weighted by atomic mass is 9.87. The van der Waals surface area contributed by atoms with Crippen LogP contribution in [0.3, 0.4) is 0 Å². The summed E-state index contributed by atoms with van der Waals surface area (Å²) in [7, 11) is 0. The lowest BCUT2D eigenvalue weighted by Crippen LogP contribution is -2.24. The fraction of sp³-hybridized carbons (Fsp3) is 0.571. The van der Waals surface area contributed by atoms with Gasteiger partial charge in [0, 0.05) is 5.41 Å². The smallest absolute Gasteiger partial charge is 0.130 e. The summed E-state index contributed by atoms with van der Waals surface area (Å²) < 4.78 is 14.3. The average molecular weight is 222 g/mol. The van der Waals surface area contributed by atoms with Gasteiger partial charge >= 0.3 is 0 Å². The van der Waals surface area contributed by atoms with Crippen LogP contribution in [0, 0.1) is 5.82 Å². The monoisotopic (exact) mass is 222 g/mol. The molecule has 1 aromatic carbocycles. The van der Waals surface area contributed by atoms with Crippen molar-refractivity contribution in [3.8, 4) is 0 Å². The maximum absolute atomic E-state index is 14.3. The van der Waals surface area contributed by atoms with E-state index in [1.165, 1.54) is 0 Å². The zero-order valence-corrected chi connectivity index (χ0v) is 10.1. The van der Waals surface area contributed by atoms with Gasteiger partial charge in [-0.05, 0) is 36.8 Å². The zero-order valence-electron chi connectivity index (χ0n) is 10.1. The van der Waals surface area contributed by atoms with E-state index in [9.17, 15) is 9.50 Å². The maximum Gasteiger partial charge on any atom is 0.130 e. The Kier molecular flexibility index (Phi) is 2.79. The number of aliphatic hydroxyl groups is 1. The van der Waals surface area contributed by atoms with E-state index in [4.69, 9.17) is 0 Å². The molecule has 1 aromatic rings. The Labute approximate surface area is 96.3 Å². The molecule has 0 amide bonds.